The third-order valence-corrected chi connectivity index (χ3v) is 3.63. The molecule has 1 aliphatic rings. The average molecular weight is 335 g/mol. The van der Waals surface area contributed by atoms with E-state index in [9.17, 15) is 9.59 Å². The lowest BCUT2D eigenvalue weighted by Crippen LogP contribution is -2.34. The highest BCUT2D eigenvalue weighted by Crippen LogP contribution is 2.19. The summed E-state index contributed by atoms with van der Waals surface area (Å²) in [4.78, 5) is 29.1. The highest BCUT2D eigenvalue weighted by atomic mass is 16.3. The SMILES string of the molecule is O=C1C=C(Nc2cccc(C=Cc3ccccn3)c2)C(=O)N1CCO. The Morgan fingerprint density at radius 1 is 1.12 bits per heavy atom. The van der Waals surface area contributed by atoms with Crippen molar-refractivity contribution in [2.45, 2.75) is 0 Å². The lowest BCUT2D eigenvalue weighted by atomic mass is 10.1. The molecule has 1 aliphatic heterocycles. The quantitative estimate of drug-likeness (QED) is 0.788. The molecule has 2 N–H and O–H groups in total. The molecule has 6 nitrogen and oxygen atoms in total. The number of carbonyl (C=O) groups is 2. The smallest absolute Gasteiger partial charge is 0.277 e. The van der Waals surface area contributed by atoms with E-state index in [4.69, 9.17) is 5.11 Å². The van der Waals surface area contributed by atoms with E-state index in [0.29, 0.717) is 5.69 Å². The zero-order valence-corrected chi connectivity index (χ0v) is 13.4. The van der Waals surface area contributed by atoms with Crippen LogP contribution in [0.2, 0.25) is 0 Å². The average Bonchev–Trinajstić information content (AvgIpc) is 2.89. The second-order valence-corrected chi connectivity index (χ2v) is 5.42. The third-order valence-electron chi connectivity index (χ3n) is 3.63. The number of aromatic nitrogens is 1. The molecular formula is C19H17N3O3. The number of anilines is 1. The van der Waals surface area contributed by atoms with Crippen molar-refractivity contribution in [2.75, 3.05) is 18.5 Å². The first-order valence-corrected chi connectivity index (χ1v) is 7.82. The zero-order chi connectivity index (χ0) is 17.6. The van der Waals surface area contributed by atoms with Crippen LogP contribution in [0.15, 0.2) is 60.4 Å². The molecule has 1 aromatic carbocycles. The van der Waals surface area contributed by atoms with Gasteiger partial charge in [-0.05, 0) is 35.9 Å². The normalized spacial score (nSPS) is 14.3. The minimum absolute atomic E-state index is 0.00774. The fourth-order valence-electron chi connectivity index (χ4n) is 2.44. The van der Waals surface area contributed by atoms with Crippen LogP contribution < -0.4 is 5.32 Å². The molecule has 2 heterocycles. The van der Waals surface area contributed by atoms with Crippen molar-refractivity contribution in [3.8, 4) is 0 Å². The highest BCUT2D eigenvalue weighted by molar-refractivity contribution is 6.17. The van der Waals surface area contributed by atoms with Gasteiger partial charge in [0.2, 0.25) is 0 Å². The van der Waals surface area contributed by atoms with E-state index in [0.717, 1.165) is 16.2 Å². The Morgan fingerprint density at radius 2 is 2.00 bits per heavy atom. The van der Waals surface area contributed by atoms with E-state index in [2.05, 4.69) is 10.3 Å². The van der Waals surface area contributed by atoms with E-state index in [1.165, 1.54) is 6.08 Å². The molecular weight excluding hydrogens is 318 g/mol. The van der Waals surface area contributed by atoms with Gasteiger partial charge in [0, 0.05) is 18.0 Å². The molecule has 0 radical (unpaired) electrons. The summed E-state index contributed by atoms with van der Waals surface area (Å²) in [6, 6.07) is 13.1. The van der Waals surface area contributed by atoms with Gasteiger partial charge in [0.25, 0.3) is 11.8 Å². The molecule has 0 saturated heterocycles. The maximum atomic E-state index is 12.1. The van der Waals surface area contributed by atoms with Gasteiger partial charge in [-0.15, -0.1) is 0 Å². The molecule has 6 heteroatoms. The maximum absolute atomic E-state index is 12.1. The molecule has 0 aliphatic carbocycles. The first-order valence-electron chi connectivity index (χ1n) is 7.82. The number of imide groups is 1. The van der Waals surface area contributed by atoms with Gasteiger partial charge in [-0.1, -0.05) is 24.3 Å². The summed E-state index contributed by atoms with van der Waals surface area (Å²) >= 11 is 0. The molecule has 1 aromatic heterocycles. The Balaban J connectivity index is 1.72. The van der Waals surface area contributed by atoms with Crippen molar-refractivity contribution in [3.63, 3.8) is 0 Å². The summed E-state index contributed by atoms with van der Waals surface area (Å²) in [5.74, 6) is -0.860. The van der Waals surface area contributed by atoms with Crippen LogP contribution in [-0.4, -0.2) is 40.0 Å². The Morgan fingerprint density at radius 3 is 2.76 bits per heavy atom. The number of nitrogens with one attached hydrogen (secondary N) is 1. The summed E-state index contributed by atoms with van der Waals surface area (Å²) in [6.07, 6.45) is 6.78. The van der Waals surface area contributed by atoms with E-state index in [1.54, 1.807) is 6.20 Å². The fourth-order valence-corrected chi connectivity index (χ4v) is 2.44. The molecule has 3 rings (SSSR count). The number of hydrogen-bond acceptors (Lipinski definition) is 5. The van der Waals surface area contributed by atoms with E-state index in [1.807, 2.05) is 54.6 Å². The van der Waals surface area contributed by atoms with Crippen molar-refractivity contribution < 1.29 is 14.7 Å². The predicted molar refractivity (Wildman–Crippen MR) is 95.1 cm³/mol. The number of β-amino-alcohol motifs (C(OH)–C–C–N with tert-alkyl or cyclic N) is 1. The Kier molecular flexibility index (Phi) is 5.01. The van der Waals surface area contributed by atoms with Crippen molar-refractivity contribution in [1.29, 1.82) is 0 Å². The second-order valence-electron chi connectivity index (χ2n) is 5.42. The van der Waals surface area contributed by atoms with Gasteiger partial charge in [-0.25, -0.2) is 0 Å². The molecule has 126 valence electrons. The van der Waals surface area contributed by atoms with E-state index in [-0.39, 0.29) is 18.8 Å². The number of aliphatic hydroxyl groups excluding tert-OH is 1. The van der Waals surface area contributed by atoms with Gasteiger partial charge >= 0.3 is 0 Å². The van der Waals surface area contributed by atoms with Gasteiger partial charge in [0.1, 0.15) is 5.70 Å². The number of aliphatic hydroxyl groups is 1. The van der Waals surface area contributed by atoms with Gasteiger partial charge in [0.15, 0.2) is 0 Å². The first-order chi connectivity index (χ1) is 12.2. The largest absolute Gasteiger partial charge is 0.395 e. The molecule has 25 heavy (non-hydrogen) atoms. The summed E-state index contributed by atoms with van der Waals surface area (Å²) in [5.41, 5.74) is 2.67. The Labute approximate surface area is 145 Å². The molecule has 0 saturated carbocycles. The molecule has 0 fully saturated rings. The monoisotopic (exact) mass is 335 g/mol. The number of rotatable bonds is 6. The number of hydrogen-bond donors (Lipinski definition) is 2. The standard InChI is InChI=1S/C19H17N3O3/c23-11-10-22-18(24)13-17(19(22)25)21-16-6-3-4-14(12-16)7-8-15-5-1-2-9-20-15/h1-9,12-13,21,23H,10-11H2. The number of nitrogens with zero attached hydrogens (tertiary/aromatic N) is 2. The highest BCUT2D eigenvalue weighted by Gasteiger charge is 2.30. The minimum Gasteiger partial charge on any atom is -0.395 e. The van der Waals surface area contributed by atoms with Crippen LogP contribution >= 0.6 is 0 Å². The van der Waals surface area contributed by atoms with E-state index >= 15 is 0 Å². The summed E-state index contributed by atoms with van der Waals surface area (Å²) in [7, 11) is 0. The number of pyridine rings is 1. The molecule has 0 unspecified atom stereocenters. The van der Waals surface area contributed by atoms with Crippen LogP contribution in [0.5, 0.6) is 0 Å². The Hall–Kier alpha value is -3.25. The fraction of sp³-hybridized carbons (Fsp3) is 0.105. The van der Waals surface area contributed by atoms with Gasteiger partial charge in [-0.2, -0.15) is 0 Å². The molecule has 0 spiro atoms. The number of amides is 2. The zero-order valence-electron chi connectivity index (χ0n) is 13.4. The minimum atomic E-state index is -0.437. The Bertz CT molecular complexity index is 844. The van der Waals surface area contributed by atoms with Crippen LogP contribution in [0.3, 0.4) is 0 Å². The molecule has 2 aromatic rings. The first kappa shape index (κ1) is 16.6. The molecule has 0 atom stereocenters. The van der Waals surface area contributed by atoms with Crippen molar-refractivity contribution in [2.24, 2.45) is 0 Å². The van der Waals surface area contributed by atoms with Crippen LogP contribution in [-0.2, 0) is 9.59 Å². The van der Waals surface area contributed by atoms with Gasteiger partial charge in [0.05, 0.1) is 18.8 Å². The lowest BCUT2D eigenvalue weighted by Gasteiger charge is -2.13. The third kappa shape index (κ3) is 3.99. The van der Waals surface area contributed by atoms with Crippen LogP contribution in [0.25, 0.3) is 12.2 Å². The summed E-state index contributed by atoms with van der Waals surface area (Å²) in [5, 5.41) is 11.9. The lowest BCUT2D eigenvalue weighted by molar-refractivity contribution is -0.137. The van der Waals surface area contributed by atoms with Gasteiger partial charge in [-0.3, -0.25) is 19.5 Å². The molecule has 0 bridgehead atoms. The van der Waals surface area contributed by atoms with Crippen molar-refractivity contribution >= 4 is 29.7 Å². The van der Waals surface area contributed by atoms with Crippen LogP contribution in [0.4, 0.5) is 5.69 Å². The molecule has 2 amide bonds. The number of carbonyl (C=O) groups excluding carboxylic acids is 2. The predicted octanol–water partition coefficient (Wildman–Crippen LogP) is 1.91. The van der Waals surface area contributed by atoms with Crippen LogP contribution in [0, 0.1) is 0 Å². The van der Waals surface area contributed by atoms with Crippen molar-refractivity contribution in [1.82, 2.24) is 9.88 Å². The van der Waals surface area contributed by atoms with Crippen LogP contribution in [0.1, 0.15) is 11.3 Å². The second kappa shape index (κ2) is 7.55. The summed E-state index contributed by atoms with van der Waals surface area (Å²) in [6.45, 7) is -0.265. The maximum Gasteiger partial charge on any atom is 0.277 e. The summed E-state index contributed by atoms with van der Waals surface area (Å²) < 4.78 is 0. The van der Waals surface area contributed by atoms with Crippen molar-refractivity contribution in [3.05, 3.63) is 71.7 Å². The van der Waals surface area contributed by atoms with E-state index < -0.39 is 11.8 Å². The topological polar surface area (TPSA) is 82.5 Å². The van der Waals surface area contributed by atoms with Gasteiger partial charge < -0.3 is 10.4 Å². The number of benzene rings is 1.